The van der Waals surface area contributed by atoms with Crippen molar-refractivity contribution >= 4 is 10.0 Å². The molecule has 0 bridgehead atoms. The second-order valence-corrected chi connectivity index (χ2v) is 6.93. The number of benzene rings is 1. The van der Waals surface area contributed by atoms with Crippen LogP contribution < -0.4 is 9.88 Å². The smallest absolute Gasteiger partial charge is 0.210 e. The molecule has 1 aliphatic heterocycles. The van der Waals surface area contributed by atoms with E-state index in [1.807, 2.05) is 31.2 Å². The molecule has 1 aromatic carbocycles. The predicted molar refractivity (Wildman–Crippen MR) is 79.2 cm³/mol. The molecule has 20 heavy (non-hydrogen) atoms. The topological polar surface area (TPSA) is 72.6 Å². The molecule has 0 aromatic heterocycles. The van der Waals surface area contributed by atoms with Crippen molar-refractivity contribution in [2.45, 2.75) is 25.8 Å². The molecule has 6 heteroatoms. The maximum absolute atomic E-state index is 11.2. The minimum Gasteiger partial charge on any atom is -0.492 e. The molecule has 1 atom stereocenters. The summed E-state index contributed by atoms with van der Waals surface area (Å²) in [5.74, 6) is 0.923. The van der Waals surface area contributed by atoms with Crippen molar-refractivity contribution < 1.29 is 13.2 Å². The lowest BCUT2D eigenvalue weighted by molar-refractivity contribution is 0.205. The minimum atomic E-state index is -3.41. The first kappa shape index (κ1) is 15.3. The van der Waals surface area contributed by atoms with Gasteiger partial charge in [0.25, 0.3) is 0 Å². The molecule has 1 fully saturated rings. The third-order valence-corrected chi connectivity index (χ3v) is 4.50. The Labute approximate surface area is 120 Å². The van der Waals surface area contributed by atoms with Crippen LogP contribution in [0.1, 0.15) is 18.4 Å². The van der Waals surface area contributed by atoms with Gasteiger partial charge in [-0.2, -0.15) is 0 Å². The molecule has 0 spiro atoms. The normalized spacial score (nSPS) is 20.2. The summed E-state index contributed by atoms with van der Waals surface area (Å²) in [5.41, 5.74) is 1.11. The average Bonchev–Trinajstić information content (AvgIpc) is 2.77. The fraction of sp³-hybridized carbons (Fsp3) is 0.571. The van der Waals surface area contributed by atoms with Crippen LogP contribution in [0.4, 0.5) is 0 Å². The summed E-state index contributed by atoms with van der Waals surface area (Å²) in [6, 6.07) is 7.91. The van der Waals surface area contributed by atoms with Crippen LogP contribution in [0.15, 0.2) is 24.3 Å². The van der Waals surface area contributed by atoms with Crippen molar-refractivity contribution in [1.29, 1.82) is 0 Å². The molecule has 5 nitrogen and oxygen atoms in total. The van der Waals surface area contributed by atoms with Crippen LogP contribution in [-0.4, -0.2) is 44.8 Å². The first-order valence-corrected chi connectivity index (χ1v) is 8.60. The zero-order valence-electron chi connectivity index (χ0n) is 11.8. The Bertz CT molecular complexity index is 545. The van der Waals surface area contributed by atoms with Crippen LogP contribution in [-0.2, 0) is 10.0 Å². The summed E-state index contributed by atoms with van der Waals surface area (Å²) in [7, 11) is -3.41. The molecule has 0 amide bonds. The SMILES string of the molecule is Cc1ccccc1OCCN1CCC[C@@H]1CS(N)(=O)=O. The average molecular weight is 298 g/mol. The second-order valence-electron chi connectivity index (χ2n) is 5.28. The molecule has 2 rings (SSSR count). The number of rotatable bonds is 6. The van der Waals surface area contributed by atoms with Crippen molar-refractivity contribution in [1.82, 2.24) is 4.90 Å². The third kappa shape index (κ3) is 4.47. The molecule has 0 saturated carbocycles. The van der Waals surface area contributed by atoms with Crippen LogP contribution in [0.3, 0.4) is 0 Å². The summed E-state index contributed by atoms with van der Waals surface area (Å²) in [5, 5.41) is 5.13. The van der Waals surface area contributed by atoms with Gasteiger partial charge in [0.05, 0.1) is 5.75 Å². The molecular formula is C14H22N2O3S. The first-order valence-electron chi connectivity index (χ1n) is 6.89. The van der Waals surface area contributed by atoms with Gasteiger partial charge in [0.2, 0.25) is 10.0 Å². The summed E-state index contributed by atoms with van der Waals surface area (Å²) in [6.07, 6.45) is 1.91. The maximum Gasteiger partial charge on any atom is 0.210 e. The molecule has 1 heterocycles. The van der Waals surface area contributed by atoms with E-state index in [2.05, 4.69) is 4.90 Å². The van der Waals surface area contributed by atoms with Crippen LogP contribution in [0.5, 0.6) is 5.75 Å². The fourth-order valence-corrected chi connectivity index (χ4v) is 3.55. The van der Waals surface area contributed by atoms with Gasteiger partial charge in [-0.1, -0.05) is 18.2 Å². The fourth-order valence-electron chi connectivity index (χ4n) is 2.64. The lowest BCUT2D eigenvalue weighted by Gasteiger charge is -2.23. The summed E-state index contributed by atoms with van der Waals surface area (Å²) >= 11 is 0. The van der Waals surface area contributed by atoms with Crippen molar-refractivity contribution in [2.24, 2.45) is 5.14 Å². The van der Waals surface area contributed by atoms with Gasteiger partial charge in [-0.15, -0.1) is 0 Å². The zero-order chi connectivity index (χ0) is 14.6. The molecule has 2 N–H and O–H groups in total. The largest absolute Gasteiger partial charge is 0.492 e. The lowest BCUT2D eigenvalue weighted by Crippen LogP contribution is -2.39. The van der Waals surface area contributed by atoms with Gasteiger partial charge >= 0.3 is 0 Å². The number of sulfonamides is 1. The number of hydrogen-bond donors (Lipinski definition) is 1. The first-order chi connectivity index (χ1) is 9.46. The van der Waals surface area contributed by atoms with Crippen molar-refractivity contribution in [3.05, 3.63) is 29.8 Å². The summed E-state index contributed by atoms with van der Waals surface area (Å²) in [6.45, 7) is 4.22. The molecule has 0 aliphatic carbocycles. The standard InChI is InChI=1S/C14H22N2O3S/c1-12-5-2-3-7-14(12)19-10-9-16-8-4-6-13(16)11-20(15,17)18/h2-3,5,7,13H,4,6,8-11H2,1H3,(H2,15,17,18)/t13-/m1/s1. The van der Waals surface area contributed by atoms with Gasteiger partial charge in [-0.25, -0.2) is 13.6 Å². The van der Waals surface area contributed by atoms with E-state index in [1.54, 1.807) is 0 Å². The molecule has 1 aromatic rings. The third-order valence-electron chi connectivity index (χ3n) is 3.65. The number of ether oxygens (including phenoxy) is 1. The van der Waals surface area contributed by atoms with E-state index in [0.717, 1.165) is 37.2 Å². The maximum atomic E-state index is 11.2. The minimum absolute atomic E-state index is 0.0328. The van der Waals surface area contributed by atoms with Crippen LogP contribution in [0.2, 0.25) is 0 Å². The number of para-hydroxylation sites is 1. The summed E-state index contributed by atoms with van der Waals surface area (Å²) in [4.78, 5) is 2.16. The molecule has 112 valence electrons. The highest BCUT2D eigenvalue weighted by Crippen LogP contribution is 2.19. The van der Waals surface area contributed by atoms with E-state index >= 15 is 0 Å². The van der Waals surface area contributed by atoms with Crippen molar-refractivity contribution in [2.75, 3.05) is 25.4 Å². The molecule has 0 unspecified atom stereocenters. The Balaban J connectivity index is 1.83. The van der Waals surface area contributed by atoms with E-state index in [4.69, 9.17) is 9.88 Å². The highest BCUT2D eigenvalue weighted by molar-refractivity contribution is 7.89. The van der Waals surface area contributed by atoms with Gasteiger partial charge in [0, 0.05) is 12.6 Å². The van der Waals surface area contributed by atoms with E-state index in [-0.39, 0.29) is 11.8 Å². The van der Waals surface area contributed by atoms with E-state index in [9.17, 15) is 8.42 Å². The van der Waals surface area contributed by atoms with E-state index < -0.39 is 10.0 Å². The predicted octanol–water partition coefficient (Wildman–Crippen LogP) is 1.13. The molecule has 1 aliphatic rings. The highest BCUT2D eigenvalue weighted by Gasteiger charge is 2.27. The van der Waals surface area contributed by atoms with Crippen LogP contribution in [0, 0.1) is 6.92 Å². The number of likely N-dealkylation sites (tertiary alicyclic amines) is 1. The van der Waals surface area contributed by atoms with Crippen LogP contribution in [0.25, 0.3) is 0 Å². The second kappa shape index (κ2) is 6.56. The number of aryl methyl sites for hydroxylation is 1. The Morgan fingerprint density at radius 3 is 2.85 bits per heavy atom. The molecular weight excluding hydrogens is 276 g/mol. The van der Waals surface area contributed by atoms with Crippen molar-refractivity contribution in [3.8, 4) is 5.75 Å². The monoisotopic (exact) mass is 298 g/mol. The number of hydrogen-bond acceptors (Lipinski definition) is 4. The molecule has 1 saturated heterocycles. The summed E-state index contributed by atoms with van der Waals surface area (Å²) < 4.78 is 28.1. The lowest BCUT2D eigenvalue weighted by atomic mass is 10.2. The van der Waals surface area contributed by atoms with Crippen LogP contribution >= 0.6 is 0 Å². The Kier molecular flexibility index (Phi) is 5.01. The highest BCUT2D eigenvalue weighted by atomic mass is 32.2. The van der Waals surface area contributed by atoms with Gasteiger partial charge in [-0.3, -0.25) is 4.90 Å². The van der Waals surface area contributed by atoms with E-state index in [1.165, 1.54) is 0 Å². The Hall–Kier alpha value is -1.11. The van der Waals surface area contributed by atoms with Gasteiger partial charge in [-0.05, 0) is 37.9 Å². The molecule has 0 radical (unpaired) electrons. The Morgan fingerprint density at radius 1 is 1.40 bits per heavy atom. The van der Waals surface area contributed by atoms with Gasteiger partial charge < -0.3 is 4.74 Å². The number of nitrogens with zero attached hydrogens (tertiary/aromatic N) is 1. The van der Waals surface area contributed by atoms with Crippen molar-refractivity contribution in [3.63, 3.8) is 0 Å². The zero-order valence-corrected chi connectivity index (χ0v) is 12.6. The van der Waals surface area contributed by atoms with Gasteiger partial charge in [0.1, 0.15) is 12.4 Å². The Morgan fingerprint density at radius 2 is 2.15 bits per heavy atom. The number of nitrogens with two attached hydrogens (primary N) is 1. The van der Waals surface area contributed by atoms with Gasteiger partial charge in [0.15, 0.2) is 0 Å². The number of primary sulfonamides is 1. The quantitative estimate of drug-likeness (QED) is 0.854. The van der Waals surface area contributed by atoms with E-state index in [0.29, 0.717) is 6.61 Å².